The van der Waals surface area contributed by atoms with Crippen molar-refractivity contribution in [2.45, 2.75) is 77.0 Å². The van der Waals surface area contributed by atoms with Crippen LogP contribution in [0.4, 0.5) is 45.5 Å². The molecule has 12 aromatic carbocycles. The van der Waals surface area contributed by atoms with E-state index in [0.717, 1.165) is 43.1 Å². The minimum Gasteiger partial charge on any atom is -0.356 e. The summed E-state index contributed by atoms with van der Waals surface area (Å²) < 4.78 is 2.31. The van der Waals surface area contributed by atoms with Crippen molar-refractivity contribution in [3.05, 3.63) is 333 Å². The summed E-state index contributed by atoms with van der Waals surface area (Å²) in [6, 6.07) is 101. The Balaban J connectivity index is 0.000000146. The van der Waals surface area contributed by atoms with Crippen LogP contribution >= 0.6 is 31.9 Å². The van der Waals surface area contributed by atoms with Gasteiger partial charge in [-0.2, -0.15) is 0 Å². The van der Waals surface area contributed by atoms with E-state index in [1.807, 2.05) is 60.7 Å². The van der Waals surface area contributed by atoms with Crippen LogP contribution in [0.2, 0.25) is 0 Å². The highest BCUT2D eigenvalue weighted by atomic mass is 79.9. The number of fused-ring (bicyclic) bond motifs is 12. The zero-order chi connectivity index (χ0) is 61.4. The van der Waals surface area contributed by atoms with Gasteiger partial charge in [0.05, 0.1) is 0 Å². The van der Waals surface area contributed by atoms with Gasteiger partial charge < -0.3 is 15.1 Å². The molecule has 0 amide bonds. The molecule has 89 heavy (non-hydrogen) atoms. The van der Waals surface area contributed by atoms with Crippen LogP contribution in [0, 0.1) is 0 Å². The van der Waals surface area contributed by atoms with E-state index in [9.17, 15) is 0 Å². The van der Waals surface area contributed by atoms with Crippen LogP contribution in [-0.4, -0.2) is 0 Å². The number of para-hydroxylation sites is 6. The number of rotatable bonds is 8. The lowest BCUT2D eigenvalue weighted by Gasteiger charge is -2.28. The van der Waals surface area contributed by atoms with Crippen molar-refractivity contribution in [2.24, 2.45) is 0 Å². The van der Waals surface area contributed by atoms with Gasteiger partial charge in [0.1, 0.15) is 0 Å². The van der Waals surface area contributed by atoms with Crippen LogP contribution in [0.3, 0.4) is 0 Å². The quantitative estimate of drug-likeness (QED) is 0.164. The third kappa shape index (κ3) is 10.1. The van der Waals surface area contributed by atoms with Gasteiger partial charge in [0.15, 0.2) is 0 Å². The molecule has 0 fully saturated rings. The van der Waals surface area contributed by atoms with Gasteiger partial charge in [-0.25, -0.2) is 0 Å². The average Bonchev–Trinajstić information content (AvgIpc) is 1.58. The Hall–Kier alpha value is -9.00. The number of benzene rings is 12. The predicted molar refractivity (Wildman–Crippen MR) is 384 cm³/mol. The zero-order valence-corrected chi connectivity index (χ0v) is 54.9. The van der Waals surface area contributed by atoms with Gasteiger partial charge in [-0.15, -0.1) is 0 Å². The minimum absolute atomic E-state index is 0.0196. The molecule has 3 nitrogen and oxygen atoms in total. The number of hydrogen-bond acceptors (Lipinski definition) is 3. The Kier molecular flexibility index (Phi) is 14.6. The molecule has 0 heterocycles. The second-order valence-electron chi connectivity index (χ2n) is 26.1. The van der Waals surface area contributed by atoms with Gasteiger partial charge in [-0.1, -0.05) is 221 Å². The van der Waals surface area contributed by atoms with Crippen LogP contribution in [0.25, 0.3) is 44.5 Å². The first-order valence-corrected chi connectivity index (χ1v) is 32.5. The Labute approximate surface area is 542 Å². The van der Waals surface area contributed by atoms with Crippen LogP contribution in [0.5, 0.6) is 0 Å². The van der Waals surface area contributed by atoms with E-state index in [0.29, 0.717) is 0 Å². The third-order valence-corrected chi connectivity index (χ3v) is 20.2. The molecule has 16 rings (SSSR count). The second kappa shape index (κ2) is 22.5. The molecule has 4 aliphatic rings. The molecule has 0 aliphatic heterocycles. The smallest absolute Gasteiger partial charge is 0.0465 e. The van der Waals surface area contributed by atoms with Crippen LogP contribution < -0.4 is 15.1 Å². The molecule has 0 atom stereocenters. The summed E-state index contributed by atoms with van der Waals surface area (Å²) in [6.07, 6.45) is 0. The first kappa shape index (κ1) is 57.7. The van der Waals surface area contributed by atoms with E-state index >= 15 is 0 Å². The fourth-order valence-corrected chi connectivity index (χ4v) is 15.3. The monoisotopic (exact) mass is 1280 g/mol. The molecular weight excluding hydrogens is 1210 g/mol. The Morgan fingerprint density at radius 2 is 0.449 bits per heavy atom. The van der Waals surface area contributed by atoms with E-state index in [1.54, 1.807) is 0 Å². The summed E-state index contributed by atoms with van der Waals surface area (Å²) in [5, 5.41) is 3.30. The normalized spacial score (nSPS) is 14.5. The van der Waals surface area contributed by atoms with Gasteiger partial charge in [-0.3, -0.25) is 0 Å². The molecule has 436 valence electrons. The van der Waals surface area contributed by atoms with Crippen molar-refractivity contribution in [3.8, 4) is 44.5 Å². The van der Waals surface area contributed by atoms with Crippen molar-refractivity contribution < 1.29 is 0 Å². The highest BCUT2D eigenvalue weighted by Crippen LogP contribution is 2.59. The number of nitrogens with zero attached hydrogens (tertiary/aromatic N) is 2. The summed E-state index contributed by atoms with van der Waals surface area (Å²) in [4.78, 5) is 4.73. The van der Waals surface area contributed by atoms with Crippen LogP contribution in [0.1, 0.15) is 99.9 Å². The lowest BCUT2D eigenvalue weighted by molar-refractivity contribution is 0.651. The molecular formula is C84H71Br2N3. The number of nitrogens with one attached hydrogen (secondary N) is 1. The predicted octanol–water partition coefficient (Wildman–Crippen LogP) is 24.5. The maximum Gasteiger partial charge on any atom is 0.0465 e. The molecule has 0 aromatic heterocycles. The Morgan fingerprint density at radius 1 is 0.225 bits per heavy atom. The molecule has 12 aromatic rings. The lowest BCUT2D eigenvalue weighted by Crippen LogP contribution is -2.18. The van der Waals surface area contributed by atoms with E-state index in [-0.39, 0.29) is 21.7 Å². The highest BCUT2D eigenvalue weighted by Gasteiger charge is 2.44. The van der Waals surface area contributed by atoms with Crippen molar-refractivity contribution in [2.75, 3.05) is 15.1 Å². The average molecular weight is 1280 g/mol. The molecule has 0 radical (unpaired) electrons. The largest absolute Gasteiger partial charge is 0.356 e. The molecule has 0 bridgehead atoms. The van der Waals surface area contributed by atoms with Gasteiger partial charge >= 0.3 is 0 Å². The standard InChI is InChI=1S/C48H40N2.C24H20Br2.C12H11N/c1-47(2)43-29-37(49(33-17-9-5-10-18-33)34-19-11-6-12-20-34)25-27-39(43)41-32-46-42(31-45(41)47)40-28-26-38(30-44(40)48(46,3)4)50(35-21-13-7-14-22-35)36-23-15-8-16-24-36;1-23(2)19-9-13(25)5-7-15(19)17-12-22-18(11-21(17)23)16-8-6-14(26)10-20(16)24(22,3)4;1-3-7-11(8-4-1)13-12-9-5-2-6-10-12/h5-32H,1-4H3;5-12H,1-4H3;1-10,13H. The molecule has 0 saturated carbocycles. The van der Waals surface area contributed by atoms with Crippen LogP contribution in [0.15, 0.2) is 288 Å². The minimum atomic E-state index is -0.154. The summed E-state index contributed by atoms with van der Waals surface area (Å²) in [5.74, 6) is 0. The van der Waals surface area contributed by atoms with Gasteiger partial charge in [0, 0.05) is 76.1 Å². The number of anilines is 8. The lowest BCUT2D eigenvalue weighted by atomic mass is 9.79. The fraction of sp³-hybridized carbons (Fsp3) is 0.143. The molecule has 0 spiro atoms. The number of hydrogen-bond donors (Lipinski definition) is 1. The molecule has 5 heteroatoms. The number of halogens is 2. The Bertz CT molecular complexity index is 4260. The summed E-state index contributed by atoms with van der Waals surface area (Å²) in [7, 11) is 0. The van der Waals surface area contributed by atoms with E-state index in [1.165, 1.54) is 100 Å². The van der Waals surface area contributed by atoms with Crippen molar-refractivity contribution in [1.29, 1.82) is 0 Å². The molecule has 0 unspecified atom stereocenters. The first-order chi connectivity index (χ1) is 43.0. The van der Waals surface area contributed by atoms with E-state index in [4.69, 9.17) is 0 Å². The summed E-state index contributed by atoms with van der Waals surface area (Å²) in [5.41, 5.74) is 31.2. The highest BCUT2D eigenvalue weighted by molar-refractivity contribution is 9.10. The van der Waals surface area contributed by atoms with E-state index < -0.39 is 0 Å². The maximum atomic E-state index is 3.66. The zero-order valence-electron chi connectivity index (χ0n) is 51.7. The first-order valence-electron chi connectivity index (χ1n) is 30.9. The van der Waals surface area contributed by atoms with Gasteiger partial charge in [0.25, 0.3) is 0 Å². The van der Waals surface area contributed by atoms with Crippen molar-refractivity contribution in [1.82, 2.24) is 0 Å². The molecule has 0 saturated heterocycles. The Morgan fingerprint density at radius 3 is 0.719 bits per heavy atom. The maximum absolute atomic E-state index is 3.66. The van der Waals surface area contributed by atoms with Gasteiger partial charge in [0.2, 0.25) is 0 Å². The molecule has 1 N–H and O–H groups in total. The third-order valence-electron chi connectivity index (χ3n) is 19.2. The second-order valence-corrected chi connectivity index (χ2v) is 27.9. The fourth-order valence-electron chi connectivity index (χ4n) is 14.5. The van der Waals surface area contributed by atoms with Crippen molar-refractivity contribution in [3.63, 3.8) is 0 Å². The van der Waals surface area contributed by atoms with Crippen molar-refractivity contribution >= 4 is 77.4 Å². The topological polar surface area (TPSA) is 18.5 Å². The van der Waals surface area contributed by atoms with Gasteiger partial charge in [-0.05, 0) is 235 Å². The van der Waals surface area contributed by atoms with E-state index in [2.05, 4.69) is 321 Å². The molecule has 4 aliphatic carbocycles. The summed E-state index contributed by atoms with van der Waals surface area (Å²) in [6.45, 7) is 19.0. The summed E-state index contributed by atoms with van der Waals surface area (Å²) >= 11 is 7.31. The van der Waals surface area contributed by atoms with Crippen LogP contribution in [-0.2, 0) is 21.7 Å². The SMILES string of the molecule is CC1(C)c2cc(Br)ccc2-c2cc3c(cc21)-c1ccc(Br)cc1C3(C)C.CC1(C)c2cc(N(c3ccccc3)c3ccccc3)ccc2-c2cc3c(cc21)-c1ccc(N(c2ccccc2)c2ccccc2)cc1C3(C)C.c1ccc(Nc2ccccc2)cc1.